The molecule has 106 valence electrons. The maximum Gasteiger partial charge on any atom is 0.167 e. The number of hydrogen-bond acceptors (Lipinski definition) is 3. The fourth-order valence-corrected chi connectivity index (χ4v) is 2.71. The minimum Gasteiger partial charge on any atom is -0.491 e. The molecule has 0 amide bonds. The van der Waals surface area contributed by atoms with Gasteiger partial charge in [-0.2, -0.15) is 0 Å². The molecule has 1 saturated carbocycles. The summed E-state index contributed by atoms with van der Waals surface area (Å²) in [7, 11) is 0. The SMILES string of the molecule is NC1(CO)CCCC1CCOc1ccc(F)cc1F. The van der Waals surface area contributed by atoms with Crippen LogP contribution in [0.5, 0.6) is 5.75 Å². The molecule has 0 bridgehead atoms. The molecule has 3 N–H and O–H groups in total. The monoisotopic (exact) mass is 271 g/mol. The van der Waals surface area contributed by atoms with Gasteiger partial charge in [-0.25, -0.2) is 8.78 Å². The number of nitrogens with two attached hydrogens (primary N) is 1. The zero-order chi connectivity index (χ0) is 13.9. The Morgan fingerprint density at radius 1 is 1.42 bits per heavy atom. The Bertz CT molecular complexity index is 441. The lowest BCUT2D eigenvalue weighted by atomic mass is 9.87. The Morgan fingerprint density at radius 2 is 2.21 bits per heavy atom. The molecular formula is C14H19F2NO2. The second-order valence-electron chi connectivity index (χ2n) is 5.19. The summed E-state index contributed by atoms with van der Waals surface area (Å²) in [6.45, 7) is 0.273. The molecule has 1 aliphatic carbocycles. The quantitative estimate of drug-likeness (QED) is 0.863. The van der Waals surface area contributed by atoms with Gasteiger partial charge in [-0.15, -0.1) is 0 Å². The van der Waals surface area contributed by atoms with Gasteiger partial charge in [-0.05, 0) is 37.3 Å². The molecule has 0 spiro atoms. The third kappa shape index (κ3) is 3.22. The van der Waals surface area contributed by atoms with Gasteiger partial charge in [0, 0.05) is 11.6 Å². The average Bonchev–Trinajstić information content (AvgIpc) is 2.74. The smallest absolute Gasteiger partial charge is 0.167 e. The number of aliphatic hydroxyl groups is 1. The zero-order valence-corrected chi connectivity index (χ0v) is 10.7. The van der Waals surface area contributed by atoms with E-state index in [-0.39, 0.29) is 18.3 Å². The Hall–Kier alpha value is -1.20. The first-order chi connectivity index (χ1) is 9.05. The van der Waals surface area contributed by atoms with Crippen LogP contribution in [0.3, 0.4) is 0 Å². The van der Waals surface area contributed by atoms with Crippen LogP contribution in [0.15, 0.2) is 18.2 Å². The van der Waals surface area contributed by atoms with Gasteiger partial charge in [0.05, 0.1) is 13.2 Å². The zero-order valence-electron chi connectivity index (χ0n) is 10.7. The lowest BCUT2D eigenvalue weighted by Gasteiger charge is -2.29. The van der Waals surface area contributed by atoms with Crippen LogP contribution in [-0.4, -0.2) is 23.9 Å². The Balaban J connectivity index is 1.86. The molecule has 5 heteroatoms. The fraction of sp³-hybridized carbons (Fsp3) is 0.571. The van der Waals surface area contributed by atoms with Crippen molar-refractivity contribution in [1.29, 1.82) is 0 Å². The van der Waals surface area contributed by atoms with E-state index in [9.17, 15) is 13.9 Å². The van der Waals surface area contributed by atoms with Crippen molar-refractivity contribution in [3.8, 4) is 5.75 Å². The first-order valence-corrected chi connectivity index (χ1v) is 6.53. The summed E-state index contributed by atoms with van der Waals surface area (Å²) >= 11 is 0. The van der Waals surface area contributed by atoms with Gasteiger partial charge in [-0.1, -0.05) is 6.42 Å². The van der Waals surface area contributed by atoms with Crippen LogP contribution < -0.4 is 10.5 Å². The summed E-state index contributed by atoms with van der Waals surface area (Å²) < 4.78 is 31.4. The molecule has 0 saturated heterocycles. The van der Waals surface area contributed by atoms with E-state index in [0.29, 0.717) is 13.0 Å². The van der Waals surface area contributed by atoms with E-state index in [1.165, 1.54) is 6.07 Å². The number of halogens is 2. The van der Waals surface area contributed by atoms with Gasteiger partial charge < -0.3 is 15.6 Å². The van der Waals surface area contributed by atoms with Gasteiger partial charge in [0.1, 0.15) is 5.82 Å². The van der Waals surface area contributed by atoms with Crippen LogP contribution in [0, 0.1) is 17.6 Å². The lowest BCUT2D eigenvalue weighted by molar-refractivity contribution is 0.142. The normalized spacial score (nSPS) is 26.6. The Kier molecular flexibility index (Phi) is 4.37. The molecule has 2 atom stereocenters. The van der Waals surface area contributed by atoms with Crippen LogP contribution in [0.1, 0.15) is 25.7 Å². The number of aliphatic hydroxyl groups excluding tert-OH is 1. The van der Waals surface area contributed by atoms with Crippen molar-refractivity contribution in [2.75, 3.05) is 13.2 Å². The molecule has 0 aromatic heterocycles. The maximum atomic E-state index is 13.3. The lowest BCUT2D eigenvalue weighted by Crippen LogP contribution is -2.47. The van der Waals surface area contributed by atoms with Crippen LogP contribution in [0.25, 0.3) is 0 Å². The summed E-state index contributed by atoms with van der Waals surface area (Å²) in [6.07, 6.45) is 3.41. The van der Waals surface area contributed by atoms with Gasteiger partial charge in [0.2, 0.25) is 0 Å². The van der Waals surface area contributed by atoms with E-state index < -0.39 is 17.2 Å². The molecule has 2 rings (SSSR count). The highest BCUT2D eigenvalue weighted by molar-refractivity contribution is 5.24. The highest BCUT2D eigenvalue weighted by atomic mass is 19.1. The van der Waals surface area contributed by atoms with Crippen LogP contribution >= 0.6 is 0 Å². The van der Waals surface area contributed by atoms with Crippen molar-refractivity contribution >= 4 is 0 Å². The molecule has 0 aliphatic heterocycles. The summed E-state index contributed by atoms with van der Waals surface area (Å²) in [5, 5.41) is 9.32. The van der Waals surface area contributed by atoms with Crippen molar-refractivity contribution in [1.82, 2.24) is 0 Å². The topological polar surface area (TPSA) is 55.5 Å². The molecule has 1 aromatic rings. The highest BCUT2D eigenvalue weighted by Gasteiger charge is 2.38. The van der Waals surface area contributed by atoms with E-state index in [1.54, 1.807) is 0 Å². The van der Waals surface area contributed by atoms with E-state index >= 15 is 0 Å². The average molecular weight is 271 g/mol. The van der Waals surface area contributed by atoms with E-state index in [1.807, 2.05) is 0 Å². The Morgan fingerprint density at radius 3 is 2.89 bits per heavy atom. The first-order valence-electron chi connectivity index (χ1n) is 6.53. The number of hydrogen-bond donors (Lipinski definition) is 2. The minimum absolute atomic E-state index is 0.0391. The predicted molar refractivity (Wildman–Crippen MR) is 67.8 cm³/mol. The first kappa shape index (κ1) is 14.2. The summed E-state index contributed by atoms with van der Waals surface area (Å²) in [5.74, 6) is -1.10. The molecule has 3 nitrogen and oxygen atoms in total. The number of ether oxygens (including phenoxy) is 1. The van der Waals surface area contributed by atoms with Crippen molar-refractivity contribution in [3.63, 3.8) is 0 Å². The third-order valence-corrected chi connectivity index (χ3v) is 3.92. The molecule has 2 unspecified atom stereocenters. The number of benzene rings is 1. The van der Waals surface area contributed by atoms with Gasteiger partial charge in [-0.3, -0.25) is 0 Å². The molecule has 1 aromatic carbocycles. The second-order valence-corrected chi connectivity index (χ2v) is 5.19. The molecule has 19 heavy (non-hydrogen) atoms. The highest BCUT2D eigenvalue weighted by Crippen LogP contribution is 2.35. The van der Waals surface area contributed by atoms with Crippen LogP contribution in [-0.2, 0) is 0 Å². The van der Waals surface area contributed by atoms with Gasteiger partial charge >= 0.3 is 0 Å². The van der Waals surface area contributed by atoms with E-state index in [0.717, 1.165) is 31.4 Å². The molecule has 1 aliphatic rings. The van der Waals surface area contributed by atoms with Crippen molar-refractivity contribution in [3.05, 3.63) is 29.8 Å². The Labute approximate surface area is 111 Å². The van der Waals surface area contributed by atoms with Gasteiger partial charge in [0.15, 0.2) is 11.6 Å². The van der Waals surface area contributed by atoms with Crippen molar-refractivity contribution in [2.24, 2.45) is 11.7 Å². The molecule has 0 heterocycles. The van der Waals surface area contributed by atoms with Crippen molar-refractivity contribution in [2.45, 2.75) is 31.2 Å². The molecule has 1 fully saturated rings. The third-order valence-electron chi connectivity index (χ3n) is 3.92. The van der Waals surface area contributed by atoms with Crippen LogP contribution in [0.2, 0.25) is 0 Å². The molecular weight excluding hydrogens is 252 g/mol. The van der Waals surface area contributed by atoms with E-state index in [4.69, 9.17) is 10.5 Å². The summed E-state index contributed by atoms with van der Waals surface area (Å²) in [4.78, 5) is 0. The largest absolute Gasteiger partial charge is 0.491 e. The standard InChI is InChI=1S/C14H19F2NO2/c15-11-3-4-13(12(16)8-11)19-7-5-10-2-1-6-14(10,17)9-18/h3-4,8,10,18H,1-2,5-7,9,17H2. The van der Waals surface area contributed by atoms with Gasteiger partial charge in [0.25, 0.3) is 0 Å². The van der Waals surface area contributed by atoms with Crippen LogP contribution in [0.4, 0.5) is 8.78 Å². The van der Waals surface area contributed by atoms with Crippen molar-refractivity contribution < 1.29 is 18.6 Å². The minimum atomic E-state index is -0.701. The number of rotatable bonds is 5. The second kappa shape index (κ2) is 5.84. The predicted octanol–water partition coefficient (Wildman–Crippen LogP) is 2.22. The fourth-order valence-electron chi connectivity index (χ4n) is 2.71. The molecule has 0 radical (unpaired) electrons. The summed E-state index contributed by atoms with van der Waals surface area (Å²) in [6, 6.07) is 3.24. The van der Waals surface area contributed by atoms with E-state index in [2.05, 4.69) is 0 Å². The summed E-state index contributed by atoms with van der Waals surface area (Å²) in [5.41, 5.74) is 5.57. The maximum absolute atomic E-state index is 13.3.